The average molecular weight is 390 g/mol. The topological polar surface area (TPSA) is 109 Å². The molecule has 3 heterocycles. The van der Waals surface area contributed by atoms with E-state index in [1.54, 1.807) is 53.8 Å². The van der Waals surface area contributed by atoms with Crippen molar-refractivity contribution in [3.05, 3.63) is 78.0 Å². The molecule has 4 rings (SSSR count). The summed E-state index contributed by atoms with van der Waals surface area (Å²) in [6, 6.07) is 10.1. The van der Waals surface area contributed by atoms with E-state index in [4.69, 9.17) is 0 Å². The van der Waals surface area contributed by atoms with Crippen molar-refractivity contribution >= 4 is 17.8 Å². The summed E-state index contributed by atoms with van der Waals surface area (Å²) in [5, 5.41) is 5.36. The molecule has 2 aromatic heterocycles. The van der Waals surface area contributed by atoms with Crippen molar-refractivity contribution in [2.45, 2.75) is 13.1 Å². The Kier molecular flexibility index (Phi) is 5.02. The Morgan fingerprint density at radius 1 is 1.14 bits per heavy atom. The van der Waals surface area contributed by atoms with Gasteiger partial charge in [0, 0.05) is 36.3 Å². The number of hydrogen-bond donors (Lipinski definition) is 2. The fourth-order valence-electron chi connectivity index (χ4n) is 3.02. The fraction of sp³-hybridized carbons (Fsp3) is 0.150. The maximum absolute atomic E-state index is 12.5. The highest BCUT2D eigenvalue weighted by molar-refractivity contribution is 6.01. The molecule has 0 aliphatic carbocycles. The van der Waals surface area contributed by atoms with Gasteiger partial charge in [-0.1, -0.05) is 18.2 Å². The number of benzene rings is 1. The summed E-state index contributed by atoms with van der Waals surface area (Å²) in [5.41, 5.74) is 2.11. The van der Waals surface area contributed by atoms with E-state index in [9.17, 15) is 14.4 Å². The second kappa shape index (κ2) is 7.93. The van der Waals surface area contributed by atoms with E-state index in [-0.39, 0.29) is 24.9 Å². The fourth-order valence-corrected chi connectivity index (χ4v) is 3.02. The van der Waals surface area contributed by atoms with Crippen LogP contribution in [0.25, 0.3) is 5.82 Å². The predicted molar refractivity (Wildman–Crippen MR) is 103 cm³/mol. The van der Waals surface area contributed by atoms with Crippen LogP contribution in [0, 0.1) is 0 Å². The summed E-state index contributed by atoms with van der Waals surface area (Å²) >= 11 is 0. The van der Waals surface area contributed by atoms with Gasteiger partial charge in [-0.3, -0.25) is 19.1 Å². The monoisotopic (exact) mass is 390 g/mol. The molecule has 0 radical (unpaired) electrons. The van der Waals surface area contributed by atoms with Crippen molar-refractivity contribution < 1.29 is 14.4 Å². The Labute approximate surface area is 166 Å². The summed E-state index contributed by atoms with van der Waals surface area (Å²) < 4.78 is 1.78. The molecule has 3 aromatic rings. The first-order chi connectivity index (χ1) is 14.1. The van der Waals surface area contributed by atoms with Gasteiger partial charge in [0.1, 0.15) is 12.1 Å². The normalized spacial score (nSPS) is 13.4. The number of nitrogens with one attached hydrogen (secondary N) is 2. The summed E-state index contributed by atoms with van der Waals surface area (Å²) in [6.45, 7) is 0.510. The highest BCUT2D eigenvalue weighted by atomic mass is 16.2. The zero-order chi connectivity index (χ0) is 20.2. The van der Waals surface area contributed by atoms with Crippen molar-refractivity contribution in [3.8, 4) is 5.82 Å². The van der Waals surface area contributed by atoms with Gasteiger partial charge in [-0.05, 0) is 23.8 Å². The van der Waals surface area contributed by atoms with Crippen molar-refractivity contribution in [3.63, 3.8) is 0 Å². The van der Waals surface area contributed by atoms with Crippen LogP contribution < -0.4 is 10.6 Å². The third-order valence-electron chi connectivity index (χ3n) is 4.55. The number of pyridine rings is 1. The molecule has 1 aromatic carbocycles. The standard InChI is InChI=1S/C20H18N6O3/c27-17-11-24-20(29)26(17)12-14-3-5-15(6-4-14)19(28)23-10-16-2-1-7-22-18(16)25-9-8-21-13-25/h1-9,13H,10-12H2,(H,23,28)(H,24,29). The van der Waals surface area contributed by atoms with Gasteiger partial charge in [-0.15, -0.1) is 0 Å². The van der Waals surface area contributed by atoms with Gasteiger partial charge >= 0.3 is 6.03 Å². The number of imide groups is 1. The van der Waals surface area contributed by atoms with Crippen LogP contribution in [-0.2, 0) is 17.9 Å². The summed E-state index contributed by atoms with van der Waals surface area (Å²) in [7, 11) is 0. The van der Waals surface area contributed by atoms with E-state index in [1.165, 1.54) is 0 Å². The van der Waals surface area contributed by atoms with Crippen molar-refractivity contribution in [2.75, 3.05) is 6.54 Å². The maximum Gasteiger partial charge on any atom is 0.324 e. The number of urea groups is 1. The van der Waals surface area contributed by atoms with Crippen LogP contribution in [0.2, 0.25) is 0 Å². The number of nitrogens with zero attached hydrogens (tertiary/aromatic N) is 4. The van der Waals surface area contributed by atoms with Gasteiger partial charge in [-0.25, -0.2) is 14.8 Å². The lowest BCUT2D eigenvalue weighted by Crippen LogP contribution is -2.30. The number of carbonyl (C=O) groups excluding carboxylic acids is 3. The van der Waals surface area contributed by atoms with Gasteiger partial charge in [-0.2, -0.15) is 0 Å². The van der Waals surface area contributed by atoms with Gasteiger partial charge in [0.05, 0.1) is 13.1 Å². The first kappa shape index (κ1) is 18.4. The van der Waals surface area contributed by atoms with Gasteiger partial charge < -0.3 is 10.6 Å². The van der Waals surface area contributed by atoms with Crippen LogP contribution in [0.5, 0.6) is 0 Å². The second-order valence-electron chi connectivity index (χ2n) is 6.47. The first-order valence-corrected chi connectivity index (χ1v) is 8.99. The Hall–Kier alpha value is -4.01. The van der Waals surface area contributed by atoms with E-state index < -0.39 is 6.03 Å². The number of rotatable bonds is 6. The number of aromatic nitrogens is 3. The van der Waals surface area contributed by atoms with Gasteiger partial charge in [0.25, 0.3) is 5.91 Å². The van der Waals surface area contributed by atoms with Crippen molar-refractivity contribution in [1.82, 2.24) is 30.1 Å². The third-order valence-corrected chi connectivity index (χ3v) is 4.55. The highest BCUT2D eigenvalue weighted by Crippen LogP contribution is 2.13. The Bertz CT molecular complexity index is 1030. The molecule has 1 saturated heterocycles. The SMILES string of the molecule is O=C(NCc1cccnc1-n1ccnc1)c1ccc(CN2C(=O)CNC2=O)cc1. The summed E-state index contributed by atoms with van der Waals surface area (Å²) in [4.78, 5) is 45.3. The summed E-state index contributed by atoms with van der Waals surface area (Å²) in [5.74, 6) is 0.211. The lowest BCUT2D eigenvalue weighted by atomic mass is 10.1. The van der Waals surface area contributed by atoms with Crippen molar-refractivity contribution in [2.24, 2.45) is 0 Å². The largest absolute Gasteiger partial charge is 0.348 e. The van der Waals surface area contributed by atoms with E-state index in [2.05, 4.69) is 20.6 Å². The molecule has 0 bridgehead atoms. The highest BCUT2D eigenvalue weighted by Gasteiger charge is 2.28. The van der Waals surface area contributed by atoms with E-state index in [0.717, 1.165) is 16.0 Å². The molecule has 9 nitrogen and oxygen atoms in total. The molecule has 146 valence electrons. The zero-order valence-corrected chi connectivity index (χ0v) is 15.4. The van der Waals surface area contributed by atoms with Crippen LogP contribution >= 0.6 is 0 Å². The van der Waals surface area contributed by atoms with Gasteiger partial charge in [0.15, 0.2) is 0 Å². The smallest absolute Gasteiger partial charge is 0.324 e. The first-order valence-electron chi connectivity index (χ1n) is 8.99. The lowest BCUT2D eigenvalue weighted by molar-refractivity contribution is -0.125. The Morgan fingerprint density at radius 3 is 2.66 bits per heavy atom. The molecular weight excluding hydrogens is 372 g/mol. The number of amides is 4. The molecular formula is C20H18N6O3. The van der Waals surface area contributed by atoms with Gasteiger partial charge in [0.2, 0.25) is 5.91 Å². The minimum Gasteiger partial charge on any atom is -0.348 e. The van der Waals surface area contributed by atoms with Crippen molar-refractivity contribution in [1.29, 1.82) is 0 Å². The quantitative estimate of drug-likeness (QED) is 0.616. The van der Waals surface area contributed by atoms with E-state index in [0.29, 0.717) is 17.9 Å². The number of imidazole rings is 1. The van der Waals surface area contributed by atoms with E-state index in [1.807, 2.05) is 12.1 Å². The molecule has 0 atom stereocenters. The molecule has 9 heteroatoms. The molecule has 1 aliphatic rings. The molecule has 0 saturated carbocycles. The molecule has 29 heavy (non-hydrogen) atoms. The average Bonchev–Trinajstić information content (AvgIpc) is 3.39. The maximum atomic E-state index is 12.5. The number of hydrogen-bond acceptors (Lipinski definition) is 5. The van der Waals surface area contributed by atoms with E-state index >= 15 is 0 Å². The summed E-state index contributed by atoms with van der Waals surface area (Å²) in [6.07, 6.45) is 6.79. The van der Waals surface area contributed by atoms with Crippen LogP contribution in [0.1, 0.15) is 21.5 Å². The molecule has 4 amide bonds. The molecule has 0 spiro atoms. The Balaban J connectivity index is 1.40. The minimum absolute atomic E-state index is 0.0225. The number of carbonyl (C=O) groups is 3. The second-order valence-corrected chi connectivity index (χ2v) is 6.47. The minimum atomic E-state index is -0.401. The molecule has 1 fully saturated rings. The van der Waals surface area contributed by atoms with Crippen LogP contribution in [0.15, 0.2) is 61.3 Å². The Morgan fingerprint density at radius 2 is 1.97 bits per heavy atom. The molecule has 2 N–H and O–H groups in total. The zero-order valence-electron chi connectivity index (χ0n) is 15.4. The third kappa shape index (κ3) is 3.98. The lowest BCUT2D eigenvalue weighted by Gasteiger charge is -2.13. The van der Waals surface area contributed by atoms with Crippen LogP contribution in [-0.4, -0.2) is 43.8 Å². The molecule has 0 unspecified atom stereocenters. The molecule has 1 aliphatic heterocycles. The predicted octanol–water partition coefficient (Wildman–Crippen LogP) is 1.25. The van der Waals surface area contributed by atoms with Crippen LogP contribution in [0.3, 0.4) is 0 Å². The van der Waals surface area contributed by atoms with Crippen LogP contribution in [0.4, 0.5) is 4.79 Å².